The zero-order chi connectivity index (χ0) is 27.3. The second-order valence-corrected chi connectivity index (χ2v) is 8.16. The maximum atomic E-state index is 12.8. The van der Waals surface area contributed by atoms with Gasteiger partial charge in [0.2, 0.25) is 11.8 Å². The Bertz CT molecular complexity index is 1040. The lowest BCUT2D eigenvalue weighted by Crippen LogP contribution is -2.55. The minimum Gasteiger partial charge on any atom is -0.445 e. The molecule has 200 valence electrons. The predicted molar refractivity (Wildman–Crippen MR) is 128 cm³/mol. The summed E-state index contributed by atoms with van der Waals surface area (Å²) in [6, 6.07) is 14.5. The Morgan fingerprint density at radius 1 is 0.838 bits per heavy atom. The molecule has 12 heteroatoms. The average Bonchev–Trinajstić information content (AvgIpc) is 2.86. The van der Waals surface area contributed by atoms with Crippen molar-refractivity contribution in [2.45, 2.75) is 50.6 Å². The van der Waals surface area contributed by atoms with Crippen LogP contribution in [0.3, 0.4) is 0 Å². The van der Waals surface area contributed by atoms with Crippen molar-refractivity contribution < 1.29 is 37.1 Å². The van der Waals surface area contributed by atoms with E-state index in [-0.39, 0.29) is 26.0 Å². The molecule has 5 N–H and O–H groups in total. The van der Waals surface area contributed by atoms with E-state index in [9.17, 15) is 32.3 Å². The Hall–Kier alpha value is -4.09. The Labute approximate surface area is 211 Å². The van der Waals surface area contributed by atoms with Crippen LogP contribution in [0.1, 0.15) is 30.4 Å². The van der Waals surface area contributed by atoms with Crippen molar-refractivity contribution in [2.75, 3.05) is 6.54 Å². The molecule has 0 bridgehead atoms. The first kappa shape index (κ1) is 29.1. The summed E-state index contributed by atoms with van der Waals surface area (Å²) in [6.07, 6.45) is -5.19. The highest BCUT2D eigenvalue weighted by molar-refractivity contribution is 5.92. The normalized spacial score (nSPS) is 12.6. The molecule has 0 spiro atoms. The van der Waals surface area contributed by atoms with Crippen molar-refractivity contribution in [3.05, 3.63) is 71.8 Å². The van der Waals surface area contributed by atoms with Gasteiger partial charge in [-0.25, -0.2) is 4.79 Å². The summed E-state index contributed by atoms with van der Waals surface area (Å²) in [5, 5.41) is 6.56. The fourth-order valence-electron chi connectivity index (χ4n) is 3.30. The van der Waals surface area contributed by atoms with Crippen LogP contribution in [0.5, 0.6) is 0 Å². The van der Waals surface area contributed by atoms with E-state index in [0.717, 1.165) is 5.56 Å². The quantitative estimate of drug-likeness (QED) is 0.299. The zero-order valence-corrected chi connectivity index (χ0v) is 19.9. The Morgan fingerprint density at radius 3 is 2.00 bits per heavy atom. The van der Waals surface area contributed by atoms with Crippen molar-refractivity contribution in [1.29, 1.82) is 0 Å². The van der Waals surface area contributed by atoms with Gasteiger partial charge in [-0.05, 0) is 30.4 Å². The Balaban J connectivity index is 1.84. The first-order valence-corrected chi connectivity index (χ1v) is 11.5. The van der Waals surface area contributed by atoms with E-state index < -0.39 is 42.1 Å². The zero-order valence-electron chi connectivity index (χ0n) is 19.9. The van der Waals surface area contributed by atoms with Gasteiger partial charge in [0.15, 0.2) is 0 Å². The van der Waals surface area contributed by atoms with Gasteiger partial charge in [0.1, 0.15) is 18.7 Å². The van der Waals surface area contributed by atoms with E-state index in [1.54, 1.807) is 35.6 Å². The van der Waals surface area contributed by atoms with Crippen molar-refractivity contribution >= 4 is 23.8 Å². The molecule has 0 aromatic heterocycles. The SMILES string of the molecule is NC(=O)[C@H](CCCCNC(=O)OCc1ccccc1)NC(=O)[C@H](Cc1ccccc1)NC(=O)C(F)(F)F. The molecule has 0 unspecified atom stereocenters. The van der Waals surface area contributed by atoms with Crippen LogP contribution < -0.4 is 21.7 Å². The molecule has 4 amide bonds. The van der Waals surface area contributed by atoms with Crippen LogP contribution in [0, 0.1) is 0 Å². The van der Waals surface area contributed by atoms with Gasteiger partial charge in [-0.1, -0.05) is 60.7 Å². The first-order chi connectivity index (χ1) is 17.6. The van der Waals surface area contributed by atoms with Gasteiger partial charge < -0.3 is 26.4 Å². The topological polar surface area (TPSA) is 140 Å². The van der Waals surface area contributed by atoms with E-state index in [2.05, 4.69) is 10.6 Å². The maximum Gasteiger partial charge on any atom is 0.471 e. The summed E-state index contributed by atoms with van der Waals surface area (Å²) in [5.74, 6) is -4.14. The molecule has 0 aliphatic heterocycles. The van der Waals surface area contributed by atoms with Crippen molar-refractivity contribution in [1.82, 2.24) is 16.0 Å². The lowest BCUT2D eigenvalue weighted by Gasteiger charge is -2.22. The lowest BCUT2D eigenvalue weighted by atomic mass is 10.0. The van der Waals surface area contributed by atoms with E-state index in [1.807, 2.05) is 30.3 Å². The Kier molecular flexibility index (Phi) is 11.4. The third-order valence-electron chi connectivity index (χ3n) is 5.22. The molecular weight excluding hydrogens is 493 g/mol. The van der Waals surface area contributed by atoms with Gasteiger partial charge in [-0.3, -0.25) is 14.4 Å². The molecule has 0 aliphatic carbocycles. The van der Waals surface area contributed by atoms with Crippen molar-refractivity contribution in [2.24, 2.45) is 5.73 Å². The van der Waals surface area contributed by atoms with Crippen molar-refractivity contribution in [3.8, 4) is 0 Å². The molecule has 2 aromatic rings. The number of alkyl carbamates (subject to hydrolysis) is 1. The summed E-state index contributed by atoms with van der Waals surface area (Å²) < 4.78 is 43.4. The molecule has 9 nitrogen and oxygen atoms in total. The molecule has 0 saturated heterocycles. The maximum absolute atomic E-state index is 12.8. The Morgan fingerprint density at radius 2 is 1.43 bits per heavy atom. The number of rotatable bonds is 13. The molecule has 0 radical (unpaired) electrons. The number of carbonyl (C=O) groups excluding carboxylic acids is 4. The van der Waals surface area contributed by atoms with Crippen LogP contribution in [0.4, 0.5) is 18.0 Å². The van der Waals surface area contributed by atoms with Gasteiger partial charge in [-0.15, -0.1) is 0 Å². The highest BCUT2D eigenvalue weighted by Crippen LogP contribution is 2.15. The number of halogens is 3. The minimum atomic E-state index is -5.19. The third kappa shape index (κ3) is 11.0. The van der Waals surface area contributed by atoms with E-state index >= 15 is 0 Å². The van der Waals surface area contributed by atoms with Crippen LogP contribution >= 0.6 is 0 Å². The minimum absolute atomic E-state index is 0.0765. The van der Waals surface area contributed by atoms with Gasteiger partial charge >= 0.3 is 18.2 Å². The number of hydrogen-bond donors (Lipinski definition) is 4. The molecule has 0 aliphatic rings. The molecule has 0 heterocycles. The molecule has 0 saturated carbocycles. The van der Waals surface area contributed by atoms with Crippen LogP contribution in [0.25, 0.3) is 0 Å². The summed E-state index contributed by atoms with van der Waals surface area (Å²) in [7, 11) is 0. The standard InChI is InChI=1S/C25H29F3N4O5/c26-25(27,28)23(35)32-20(15-17-9-3-1-4-10-17)22(34)31-19(21(29)33)13-7-8-14-30-24(36)37-16-18-11-5-2-6-12-18/h1-6,9-12,19-20H,7-8,13-16H2,(H2,29,33)(H,30,36)(H,31,34)(H,32,35)/t19-,20-/m0/s1. The molecule has 2 aromatic carbocycles. The molecule has 37 heavy (non-hydrogen) atoms. The largest absolute Gasteiger partial charge is 0.471 e. The van der Waals surface area contributed by atoms with Gasteiger partial charge in [0.25, 0.3) is 0 Å². The number of primary amides is 1. The van der Waals surface area contributed by atoms with Crippen LogP contribution in [0.2, 0.25) is 0 Å². The summed E-state index contributed by atoms with van der Waals surface area (Å²) in [5.41, 5.74) is 6.69. The third-order valence-corrected chi connectivity index (χ3v) is 5.22. The fourth-order valence-corrected chi connectivity index (χ4v) is 3.30. The smallest absolute Gasteiger partial charge is 0.445 e. The summed E-state index contributed by atoms with van der Waals surface area (Å²) in [6.45, 7) is 0.336. The highest BCUT2D eigenvalue weighted by Gasteiger charge is 2.41. The van der Waals surface area contributed by atoms with E-state index in [0.29, 0.717) is 18.4 Å². The van der Waals surface area contributed by atoms with E-state index in [4.69, 9.17) is 10.5 Å². The number of alkyl halides is 3. The number of hydrogen-bond acceptors (Lipinski definition) is 5. The number of nitrogens with one attached hydrogen (secondary N) is 3. The van der Waals surface area contributed by atoms with Gasteiger partial charge in [-0.2, -0.15) is 13.2 Å². The fraction of sp³-hybridized carbons (Fsp3) is 0.360. The van der Waals surface area contributed by atoms with Crippen LogP contribution in [-0.4, -0.2) is 48.6 Å². The monoisotopic (exact) mass is 522 g/mol. The number of nitrogens with two attached hydrogens (primary N) is 1. The van der Waals surface area contributed by atoms with Crippen LogP contribution in [-0.2, 0) is 32.1 Å². The number of ether oxygens (including phenoxy) is 1. The average molecular weight is 523 g/mol. The highest BCUT2D eigenvalue weighted by atomic mass is 19.4. The molecule has 0 fully saturated rings. The number of carbonyl (C=O) groups is 4. The van der Waals surface area contributed by atoms with Gasteiger partial charge in [0, 0.05) is 13.0 Å². The van der Waals surface area contributed by atoms with E-state index in [1.165, 1.54) is 0 Å². The number of amides is 4. The first-order valence-electron chi connectivity index (χ1n) is 11.5. The second-order valence-electron chi connectivity index (χ2n) is 8.16. The summed E-state index contributed by atoms with van der Waals surface area (Å²) in [4.78, 5) is 47.8. The molecule has 2 rings (SSSR count). The van der Waals surface area contributed by atoms with Crippen LogP contribution in [0.15, 0.2) is 60.7 Å². The molecule has 2 atom stereocenters. The second kappa shape index (κ2) is 14.5. The van der Waals surface area contributed by atoms with Crippen molar-refractivity contribution in [3.63, 3.8) is 0 Å². The predicted octanol–water partition coefficient (Wildman–Crippen LogP) is 2.34. The molecular formula is C25H29F3N4O5. The summed E-state index contributed by atoms with van der Waals surface area (Å²) >= 11 is 0. The van der Waals surface area contributed by atoms with Gasteiger partial charge in [0.05, 0.1) is 0 Å². The lowest BCUT2D eigenvalue weighted by molar-refractivity contribution is -0.174. The number of unbranched alkanes of at least 4 members (excludes halogenated alkanes) is 1. The number of benzene rings is 2.